The highest BCUT2D eigenvalue weighted by atomic mass is 35.5. The van der Waals surface area contributed by atoms with Crippen molar-refractivity contribution >= 4 is 12.4 Å². The van der Waals surface area contributed by atoms with Crippen molar-refractivity contribution in [1.29, 1.82) is 0 Å². The largest absolute Gasteiger partial charge is 0.300 e. The highest BCUT2D eigenvalue weighted by molar-refractivity contribution is 5.85. The van der Waals surface area contributed by atoms with Crippen LogP contribution in [0, 0.1) is 0 Å². The zero-order valence-electron chi connectivity index (χ0n) is 13.1. The van der Waals surface area contributed by atoms with Crippen LogP contribution in [0.2, 0.25) is 0 Å². The van der Waals surface area contributed by atoms with Crippen LogP contribution in [0.25, 0.3) is 0 Å². The number of halogens is 1. The maximum atomic E-state index is 2.69. The van der Waals surface area contributed by atoms with E-state index in [-0.39, 0.29) is 12.4 Å². The van der Waals surface area contributed by atoms with Crippen LogP contribution in [0.15, 0.2) is 54.6 Å². The molecule has 2 aliphatic rings. The normalized spacial score (nSPS) is 26.9. The number of hydrogen-bond acceptors (Lipinski definition) is 1. The SMILES string of the molecule is CCN1CC[C@@H]2c3ccccc3[C@@H](c3ccccc3)C[C@H]21.Cl. The van der Waals surface area contributed by atoms with E-state index in [2.05, 4.69) is 66.4 Å². The summed E-state index contributed by atoms with van der Waals surface area (Å²) in [6.07, 6.45) is 2.61. The van der Waals surface area contributed by atoms with Crippen molar-refractivity contribution in [3.05, 3.63) is 71.3 Å². The topological polar surface area (TPSA) is 3.24 Å². The summed E-state index contributed by atoms with van der Waals surface area (Å²) in [5.74, 6) is 1.32. The molecular formula is C20H24ClN. The average molecular weight is 314 g/mol. The van der Waals surface area contributed by atoms with Crippen molar-refractivity contribution in [3.8, 4) is 0 Å². The fourth-order valence-corrected chi connectivity index (χ4v) is 4.52. The first-order chi connectivity index (χ1) is 10.4. The molecule has 0 N–H and O–H groups in total. The minimum Gasteiger partial charge on any atom is -0.300 e. The molecule has 1 aliphatic carbocycles. The Bertz CT molecular complexity index is 625. The van der Waals surface area contributed by atoms with Gasteiger partial charge in [-0.25, -0.2) is 0 Å². The van der Waals surface area contributed by atoms with Crippen LogP contribution in [-0.4, -0.2) is 24.0 Å². The number of rotatable bonds is 2. The lowest BCUT2D eigenvalue weighted by atomic mass is 9.71. The van der Waals surface area contributed by atoms with Gasteiger partial charge in [-0.3, -0.25) is 4.90 Å². The maximum absolute atomic E-state index is 2.69. The Labute approximate surface area is 139 Å². The zero-order chi connectivity index (χ0) is 14.2. The molecule has 4 rings (SSSR count). The molecule has 2 aromatic carbocycles. The van der Waals surface area contributed by atoms with E-state index < -0.39 is 0 Å². The van der Waals surface area contributed by atoms with E-state index in [1.807, 2.05) is 0 Å². The average Bonchev–Trinajstić information content (AvgIpc) is 2.98. The molecule has 0 amide bonds. The molecule has 0 aromatic heterocycles. The van der Waals surface area contributed by atoms with E-state index in [0.717, 1.165) is 12.0 Å². The second kappa shape index (κ2) is 6.44. The Kier molecular flexibility index (Phi) is 4.56. The van der Waals surface area contributed by atoms with Gasteiger partial charge in [-0.15, -0.1) is 12.4 Å². The molecule has 0 saturated carbocycles. The van der Waals surface area contributed by atoms with Crippen molar-refractivity contribution in [2.45, 2.75) is 37.6 Å². The minimum atomic E-state index is 0. The summed E-state index contributed by atoms with van der Waals surface area (Å²) in [5, 5.41) is 0. The predicted molar refractivity (Wildman–Crippen MR) is 95.0 cm³/mol. The van der Waals surface area contributed by atoms with Crippen LogP contribution in [0.4, 0.5) is 0 Å². The van der Waals surface area contributed by atoms with Gasteiger partial charge in [0.1, 0.15) is 0 Å². The molecule has 1 nitrogen and oxygen atoms in total. The summed E-state index contributed by atoms with van der Waals surface area (Å²) in [5.41, 5.74) is 4.66. The molecule has 22 heavy (non-hydrogen) atoms. The lowest BCUT2D eigenvalue weighted by Crippen LogP contribution is -2.36. The molecule has 0 unspecified atom stereocenters. The van der Waals surface area contributed by atoms with Gasteiger partial charge in [0.25, 0.3) is 0 Å². The first kappa shape index (κ1) is 15.6. The van der Waals surface area contributed by atoms with Crippen molar-refractivity contribution in [1.82, 2.24) is 4.90 Å². The van der Waals surface area contributed by atoms with Crippen LogP contribution in [0.5, 0.6) is 0 Å². The van der Waals surface area contributed by atoms with Gasteiger partial charge >= 0.3 is 0 Å². The Hall–Kier alpha value is -1.31. The van der Waals surface area contributed by atoms with E-state index in [9.17, 15) is 0 Å². The van der Waals surface area contributed by atoms with Crippen LogP contribution in [0.3, 0.4) is 0 Å². The first-order valence-corrected chi connectivity index (χ1v) is 8.26. The third-order valence-electron chi connectivity index (χ3n) is 5.52. The smallest absolute Gasteiger partial charge is 0.0173 e. The quantitative estimate of drug-likeness (QED) is 0.768. The van der Waals surface area contributed by atoms with Crippen LogP contribution < -0.4 is 0 Å². The summed E-state index contributed by atoms with van der Waals surface area (Å²) in [6.45, 7) is 4.76. The third-order valence-corrected chi connectivity index (χ3v) is 5.52. The molecule has 0 radical (unpaired) electrons. The molecule has 116 valence electrons. The van der Waals surface area contributed by atoms with E-state index in [0.29, 0.717) is 5.92 Å². The number of nitrogens with zero attached hydrogens (tertiary/aromatic N) is 1. The summed E-state index contributed by atoms with van der Waals surface area (Å²) in [6, 6.07) is 21.0. The Balaban J connectivity index is 0.00000144. The van der Waals surface area contributed by atoms with E-state index in [4.69, 9.17) is 0 Å². The van der Waals surface area contributed by atoms with E-state index in [1.54, 1.807) is 11.1 Å². The molecule has 2 aromatic rings. The van der Waals surface area contributed by atoms with Crippen molar-refractivity contribution in [3.63, 3.8) is 0 Å². The fraction of sp³-hybridized carbons (Fsp3) is 0.400. The molecule has 2 heteroatoms. The number of benzene rings is 2. The van der Waals surface area contributed by atoms with Crippen molar-refractivity contribution in [2.24, 2.45) is 0 Å². The second-order valence-electron chi connectivity index (χ2n) is 6.42. The predicted octanol–water partition coefficient (Wildman–Crippen LogP) is 4.82. The summed E-state index contributed by atoms with van der Waals surface area (Å²) >= 11 is 0. The van der Waals surface area contributed by atoms with Gasteiger partial charge < -0.3 is 0 Å². The van der Waals surface area contributed by atoms with Crippen LogP contribution in [-0.2, 0) is 0 Å². The standard InChI is InChI=1S/C20H23N.ClH/c1-2-21-13-12-18-16-10-6-7-11-17(16)19(14-20(18)21)15-8-4-3-5-9-15;/h3-11,18-20H,2,12-14H2,1H3;1H/t18-,19-,20-;/m1./s1. The Morgan fingerprint density at radius 3 is 2.36 bits per heavy atom. The van der Waals surface area contributed by atoms with Crippen molar-refractivity contribution in [2.75, 3.05) is 13.1 Å². The molecule has 1 aliphatic heterocycles. The molecule has 1 fully saturated rings. The minimum absolute atomic E-state index is 0. The lowest BCUT2D eigenvalue weighted by Gasteiger charge is -2.38. The van der Waals surface area contributed by atoms with Crippen molar-refractivity contribution < 1.29 is 0 Å². The Morgan fingerprint density at radius 2 is 1.64 bits per heavy atom. The van der Waals surface area contributed by atoms with Gasteiger partial charge in [-0.2, -0.15) is 0 Å². The molecule has 1 saturated heterocycles. The van der Waals surface area contributed by atoms with E-state index >= 15 is 0 Å². The maximum Gasteiger partial charge on any atom is 0.0173 e. The monoisotopic (exact) mass is 313 g/mol. The van der Waals surface area contributed by atoms with Crippen LogP contribution in [0.1, 0.15) is 48.3 Å². The highest BCUT2D eigenvalue weighted by Gasteiger charge is 2.41. The third kappa shape index (κ3) is 2.47. The van der Waals surface area contributed by atoms with Crippen LogP contribution >= 0.6 is 12.4 Å². The summed E-state index contributed by atoms with van der Waals surface area (Å²) < 4.78 is 0. The van der Waals surface area contributed by atoms with Gasteiger partial charge in [0.2, 0.25) is 0 Å². The highest BCUT2D eigenvalue weighted by Crippen LogP contribution is 2.48. The molecular weight excluding hydrogens is 290 g/mol. The molecule has 0 bridgehead atoms. The van der Waals surface area contributed by atoms with Gasteiger partial charge in [-0.05, 0) is 42.6 Å². The second-order valence-corrected chi connectivity index (χ2v) is 6.42. The number of fused-ring (bicyclic) bond motifs is 3. The molecule has 3 atom stereocenters. The lowest BCUT2D eigenvalue weighted by molar-refractivity contribution is 0.230. The number of likely N-dealkylation sites (N-methyl/N-ethyl adjacent to an activating group) is 1. The number of likely N-dealkylation sites (tertiary alicyclic amines) is 1. The number of hydrogen-bond donors (Lipinski definition) is 0. The molecule has 0 spiro atoms. The van der Waals surface area contributed by atoms with Gasteiger partial charge in [0.05, 0.1) is 0 Å². The summed E-state index contributed by atoms with van der Waals surface area (Å²) in [4.78, 5) is 2.69. The van der Waals surface area contributed by atoms with Gasteiger partial charge in [0.15, 0.2) is 0 Å². The van der Waals surface area contributed by atoms with E-state index in [1.165, 1.54) is 31.5 Å². The first-order valence-electron chi connectivity index (χ1n) is 8.26. The summed E-state index contributed by atoms with van der Waals surface area (Å²) in [7, 11) is 0. The molecule has 1 heterocycles. The van der Waals surface area contributed by atoms with Gasteiger partial charge in [-0.1, -0.05) is 61.5 Å². The fourth-order valence-electron chi connectivity index (χ4n) is 4.52. The van der Waals surface area contributed by atoms with Gasteiger partial charge in [0, 0.05) is 17.9 Å². The Morgan fingerprint density at radius 1 is 0.955 bits per heavy atom. The zero-order valence-corrected chi connectivity index (χ0v) is 13.9.